The van der Waals surface area contributed by atoms with E-state index >= 15 is 0 Å². The van der Waals surface area contributed by atoms with Gasteiger partial charge in [-0.05, 0) is 13.1 Å². The van der Waals surface area contributed by atoms with Crippen molar-refractivity contribution in [1.29, 1.82) is 0 Å². The second-order valence-corrected chi connectivity index (χ2v) is 3.44. The van der Waals surface area contributed by atoms with Gasteiger partial charge in [0.2, 0.25) is 5.95 Å². The van der Waals surface area contributed by atoms with Crippen molar-refractivity contribution in [3.05, 3.63) is 5.82 Å². The zero-order valence-electron chi connectivity index (χ0n) is 9.41. The Balaban J connectivity index is 2.58. The minimum Gasteiger partial charge on any atom is -0.346 e. The Hall–Kier alpha value is -1.10. The smallest absolute Gasteiger partial charge is 0.244 e. The third kappa shape index (κ3) is 2.70. The zero-order chi connectivity index (χ0) is 10.6. The second kappa shape index (κ2) is 4.95. The van der Waals surface area contributed by atoms with Crippen molar-refractivity contribution < 1.29 is 0 Å². The van der Waals surface area contributed by atoms with Crippen LogP contribution < -0.4 is 4.90 Å². The van der Waals surface area contributed by atoms with Crippen molar-refractivity contribution in [2.75, 3.05) is 32.1 Å². The molecule has 1 aromatic heterocycles. The van der Waals surface area contributed by atoms with Gasteiger partial charge < -0.3 is 4.90 Å². The molecule has 5 nitrogen and oxygen atoms in total. The van der Waals surface area contributed by atoms with E-state index in [0.717, 1.165) is 31.4 Å². The fraction of sp³-hybridized carbons (Fsp3) is 0.778. The standard InChI is InChI=1S/C9H19N5/c1-5-14(6-2)7-8-10-9(12-11-8)13(3)4/h5-7H2,1-4H3,(H,10,11,12). The molecule has 5 heteroatoms. The quantitative estimate of drug-likeness (QED) is 0.755. The molecule has 1 aromatic rings. The summed E-state index contributed by atoms with van der Waals surface area (Å²) >= 11 is 0. The molecule has 0 radical (unpaired) electrons. The first-order chi connectivity index (χ1) is 6.67. The lowest BCUT2D eigenvalue weighted by atomic mass is 10.4. The molecule has 0 aliphatic heterocycles. The number of aromatic nitrogens is 3. The Labute approximate surface area is 85.1 Å². The van der Waals surface area contributed by atoms with Gasteiger partial charge in [-0.2, -0.15) is 4.98 Å². The lowest BCUT2D eigenvalue weighted by Gasteiger charge is -2.15. The summed E-state index contributed by atoms with van der Waals surface area (Å²) in [6, 6.07) is 0. The minimum absolute atomic E-state index is 0.743. The van der Waals surface area contributed by atoms with Crippen LogP contribution in [0.3, 0.4) is 0 Å². The largest absolute Gasteiger partial charge is 0.346 e. The molecule has 1 heterocycles. The van der Waals surface area contributed by atoms with Crippen LogP contribution >= 0.6 is 0 Å². The molecular weight excluding hydrogens is 178 g/mol. The number of rotatable bonds is 5. The minimum atomic E-state index is 0.743. The van der Waals surface area contributed by atoms with Crippen LogP contribution in [0.1, 0.15) is 19.7 Å². The van der Waals surface area contributed by atoms with Crippen molar-refractivity contribution >= 4 is 5.95 Å². The van der Waals surface area contributed by atoms with Crippen molar-refractivity contribution in [1.82, 2.24) is 20.1 Å². The number of nitrogens with zero attached hydrogens (tertiary/aromatic N) is 4. The number of nitrogens with one attached hydrogen (secondary N) is 1. The van der Waals surface area contributed by atoms with Crippen LogP contribution in [0.2, 0.25) is 0 Å². The van der Waals surface area contributed by atoms with Crippen LogP contribution in [0.5, 0.6) is 0 Å². The van der Waals surface area contributed by atoms with Gasteiger partial charge in [0.15, 0.2) is 0 Å². The van der Waals surface area contributed by atoms with Gasteiger partial charge in [0.1, 0.15) is 5.82 Å². The topological polar surface area (TPSA) is 48.1 Å². The summed E-state index contributed by atoms with van der Waals surface area (Å²) in [6.07, 6.45) is 0. The first kappa shape index (κ1) is 11.0. The predicted molar refractivity (Wildman–Crippen MR) is 57.3 cm³/mol. The van der Waals surface area contributed by atoms with E-state index in [1.807, 2.05) is 19.0 Å². The molecule has 1 N–H and O–H groups in total. The average molecular weight is 197 g/mol. The maximum Gasteiger partial charge on any atom is 0.244 e. The Morgan fingerprint density at radius 3 is 2.29 bits per heavy atom. The van der Waals surface area contributed by atoms with E-state index in [1.54, 1.807) is 0 Å². The lowest BCUT2D eigenvalue weighted by Crippen LogP contribution is -2.22. The van der Waals surface area contributed by atoms with Crippen LogP contribution in [0, 0.1) is 0 Å². The van der Waals surface area contributed by atoms with E-state index in [4.69, 9.17) is 0 Å². The molecule has 0 atom stereocenters. The summed E-state index contributed by atoms with van der Waals surface area (Å²) in [7, 11) is 3.87. The SMILES string of the molecule is CCN(CC)Cc1nc(N(C)C)n[nH]1. The lowest BCUT2D eigenvalue weighted by molar-refractivity contribution is 0.288. The molecule has 0 aliphatic rings. The highest BCUT2D eigenvalue weighted by Crippen LogP contribution is 2.04. The Morgan fingerprint density at radius 1 is 1.21 bits per heavy atom. The summed E-state index contributed by atoms with van der Waals surface area (Å²) in [5.41, 5.74) is 0. The van der Waals surface area contributed by atoms with E-state index < -0.39 is 0 Å². The molecule has 0 fully saturated rings. The number of anilines is 1. The first-order valence-electron chi connectivity index (χ1n) is 4.98. The maximum atomic E-state index is 4.36. The van der Waals surface area contributed by atoms with Gasteiger partial charge in [-0.25, -0.2) is 0 Å². The summed E-state index contributed by atoms with van der Waals surface area (Å²) in [4.78, 5) is 8.55. The molecule has 14 heavy (non-hydrogen) atoms. The number of hydrogen-bond acceptors (Lipinski definition) is 4. The summed E-state index contributed by atoms with van der Waals surface area (Å²) in [5.74, 6) is 1.67. The van der Waals surface area contributed by atoms with Gasteiger partial charge in [0.05, 0.1) is 6.54 Å². The van der Waals surface area contributed by atoms with E-state index in [9.17, 15) is 0 Å². The third-order valence-corrected chi connectivity index (χ3v) is 2.19. The van der Waals surface area contributed by atoms with Crippen LogP contribution in [0.15, 0.2) is 0 Å². The van der Waals surface area contributed by atoms with Crippen molar-refractivity contribution in [2.24, 2.45) is 0 Å². The summed E-state index contributed by atoms with van der Waals surface area (Å²) < 4.78 is 0. The van der Waals surface area contributed by atoms with Crippen LogP contribution in [-0.2, 0) is 6.54 Å². The highest BCUT2D eigenvalue weighted by molar-refractivity contribution is 5.24. The Morgan fingerprint density at radius 2 is 1.86 bits per heavy atom. The molecule has 0 amide bonds. The van der Waals surface area contributed by atoms with Gasteiger partial charge in [-0.1, -0.05) is 13.8 Å². The molecule has 0 aliphatic carbocycles. The van der Waals surface area contributed by atoms with Gasteiger partial charge in [0, 0.05) is 14.1 Å². The Kier molecular flexibility index (Phi) is 3.88. The number of aromatic amines is 1. The molecule has 0 bridgehead atoms. The fourth-order valence-corrected chi connectivity index (χ4v) is 1.21. The highest BCUT2D eigenvalue weighted by atomic mass is 15.3. The van der Waals surface area contributed by atoms with E-state index in [2.05, 4.69) is 33.9 Å². The van der Waals surface area contributed by atoms with E-state index in [0.29, 0.717) is 0 Å². The normalized spacial score (nSPS) is 10.9. The summed E-state index contributed by atoms with van der Waals surface area (Å²) in [5, 5.41) is 7.04. The highest BCUT2D eigenvalue weighted by Gasteiger charge is 2.07. The zero-order valence-corrected chi connectivity index (χ0v) is 9.41. The maximum absolute atomic E-state index is 4.36. The van der Waals surface area contributed by atoms with Gasteiger partial charge >= 0.3 is 0 Å². The molecule has 0 saturated carbocycles. The molecule has 0 spiro atoms. The van der Waals surface area contributed by atoms with Crippen molar-refractivity contribution in [3.8, 4) is 0 Å². The van der Waals surface area contributed by atoms with Crippen LogP contribution in [-0.4, -0.2) is 47.3 Å². The second-order valence-electron chi connectivity index (χ2n) is 3.44. The van der Waals surface area contributed by atoms with Crippen LogP contribution in [0.4, 0.5) is 5.95 Å². The predicted octanol–water partition coefficient (Wildman–Crippen LogP) is 0.712. The molecule has 1 rings (SSSR count). The molecular formula is C9H19N5. The van der Waals surface area contributed by atoms with Gasteiger partial charge in [0.25, 0.3) is 0 Å². The number of hydrogen-bond donors (Lipinski definition) is 1. The number of H-pyrrole nitrogens is 1. The Bertz CT molecular complexity index is 264. The van der Waals surface area contributed by atoms with Crippen molar-refractivity contribution in [2.45, 2.75) is 20.4 Å². The fourth-order valence-electron chi connectivity index (χ4n) is 1.21. The van der Waals surface area contributed by atoms with Gasteiger partial charge in [-0.3, -0.25) is 10.00 Å². The van der Waals surface area contributed by atoms with Crippen molar-refractivity contribution in [3.63, 3.8) is 0 Å². The molecule has 0 unspecified atom stereocenters. The average Bonchev–Trinajstić information content (AvgIpc) is 2.62. The first-order valence-corrected chi connectivity index (χ1v) is 4.98. The molecule has 80 valence electrons. The monoisotopic (exact) mass is 197 g/mol. The molecule has 0 aromatic carbocycles. The molecule has 0 saturated heterocycles. The van der Waals surface area contributed by atoms with E-state index in [1.165, 1.54) is 0 Å². The van der Waals surface area contributed by atoms with Gasteiger partial charge in [-0.15, -0.1) is 5.10 Å². The third-order valence-electron chi connectivity index (χ3n) is 2.19. The van der Waals surface area contributed by atoms with Crippen LogP contribution in [0.25, 0.3) is 0 Å². The summed E-state index contributed by atoms with van der Waals surface area (Å²) in [6.45, 7) is 7.20. The van der Waals surface area contributed by atoms with E-state index in [-0.39, 0.29) is 0 Å².